The average Bonchev–Trinajstić information content (AvgIpc) is 3.25. The van der Waals surface area contributed by atoms with Crippen LogP contribution in [-0.4, -0.2) is 22.2 Å². The Balaban J connectivity index is 1.41. The third-order valence-corrected chi connectivity index (χ3v) is 5.81. The van der Waals surface area contributed by atoms with Crippen LogP contribution in [0.1, 0.15) is 24.8 Å². The number of hydrogen-bond donors (Lipinski definition) is 1. The van der Waals surface area contributed by atoms with Crippen molar-refractivity contribution in [2.75, 3.05) is 6.54 Å². The molecule has 1 aliphatic rings. The van der Waals surface area contributed by atoms with Crippen molar-refractivity contribution in [2.24, 2.45) is 0 Å². The second-order valence-electron chi connectivity index (χ2n) is 6.58. The predicted molar refractivity (Wildman–Crippen MR) is 99.1 cm³/mol. The lowest BCUT2D eigenvalue weighted by molar-refractivity contribution is -0.122. The molecule has 2 heterocycles. The van der Waals surface area contributed by atoms with E-state index in [-0.39, 0.29) is 23.8 Å². The van der Waals surface area contributed by atoms with Gasteiger partial charge in [-0.1, -0.05) is 42.8 Å². The summed E-state index contributed by atoms with van der Waals surface area (Å²) in [5, 5.41) is 8.96. The largest absolute Gasteiger partial charge is 0.437 e. The first-order valence-corrected chi connectivity index (χ1v) is 9.48. The Bertz CT molecular complexity index is 940. The van der Waals surface area contributed by atoms with Crippen LogP contribution in [-0.2, 0) is 16.8 Å². The summed E-state index contributed by atoms with van der Waals surface area (Å²) in [4.78, 5) is 25.0. The van der Waals surface area contributed by atoms with Crippen molar-refractivity contribution < 1.29 is 9.21 Å². The molecule has 0 radical (unpaired) electrons. The molecule has 134 valence electrons. The maximum absolute atomic E-state index is 12.3. The number of amides is 1. The van der Waals surface area contributed by atoms with E-state index < -0.39 is 5.76 Å². The summed E-state index contributed by atoms with van der Waals surface area (Å²) < 4.78 is 6.20. The van der Waals surface area contributed by atoms with E-state index in [0.29, 0.717) is 6.54 Å². The summed E-state index contributed by atoms with van der Waals surface area (Å²) in [5.41, 5.74) is 1.26. The molecule has 4 rings (SSSR count). The summed E-state index contributed by atoms with van der Waals surface area (Å²) >= 11 is 1.43. The van der Waals surface area contributed by atoms with E-state index in [2.05, 4.69) is 22.5 Å². The number of nitrogens with one attached hydrogen (secondary N) is 1. The molecule has 26 heavy (non-hydrogen) atoms. The fourth-order valence-electron chi connectivity index (χ4n) is 3.33. The van der Waals surface area contributed by atoms with Gasteiger partial charge in [-0.15, -0.1) is 16.4 Å². The van der Waals surface area contributed by atoms with Gasteiger partial charge in [-0.2, -0.15) is 4.68 Å². The van der Waals surface area contributed by atoms with Gasteiger partial charge in [-0.25, -0.2) is 4.79 Å². The summed E-state index contributed by atoms with van der Waals surface area (Å²) in [5.74, 6) is -0.608. The molecule has 7 heteroatoms. The van der Waals surface area contributed by atoms with Crippen LogP contribution in [0, 0.1) is 0 Å². The van der Waals surface area contributed by atoms with Gasteiger partial charge in [0.1, 0.15) is 6.54 Å². The first-order valence-electron chi connectivity index (χ1n) is 8.60. The molecule has 1 N–H and O–H groups in total. The van der Waals surface area contributed by atoms with Crippen LogP contribution >= 0.6 is 11.3 Å². The van der Waals surface area contributed by atoms with E-state index >= 15 is 0 Å². The number of thiophene rings is 1. The van der Waals surface area contributed by atoms with Crippen LogP contribution in [0.2, 0.25) is 0 Å². The molecule has 2 aromatic heterocycles. The molecule has 0 aliphatic heterocycles. The van der Waals surface area contributed by atoms with Gasteiger partial charge in [0.05, 0.1) is 4.88 Å². The molecule has 1 fully saturated rings. The molecule has 0 atom stereocenters. The average molecular weight is 369 g/mol. The molecule has 3 aromatic rings. The second-order valence-corrected chi connectivity index (χ2v) is 7.53. The van der Waals surface area contributed by atoms with E-state index in [0.717, 1.165) is 28.8 Å². The highest BCUT2D eigenvalue weighted by molar-refractivity contribution is 7.13. The first kappa shape index (κ1) is 16.8. The molecule has 0 saturated heterocycles. The van der Waals surface area contributed by atoms with Gasteiger partial charge in [0, 0.05) is 12.0 Å². The first-order chi connectivity index (χ1) is 12.7. The highest BCUT2D eigenvalue weighted by Crippen LogP contribution is 2.43. The van der Waals surface area contributed by atoms with Crippen molar-refractivity contribution >= 4 is 17.2 Å². The predicted octanol–water partition coefficient (Wildman–Crippen LogP) is 2.80. The molecular weight excluding hydrogens is 350 g/mol. The SMILES string of the molecule is O=C(Cn1nc(-c2cccs2)oc1=O)NCC1(c2ccccc2)CCC1. The molecule has 0 bridgehead atoms. The van der Waals surface area contributed by atoms with Crippen LogP contribution in [0.15, 0.2) is 57.1 Å². The van der Waals surface area contributed by atoms with Crippen molar-refractivity contribution in [3.8, 4) is 10.8 Å². The number of carbonyl (C=O) groups excluding carboxylic acids is 1. The Hall–Kier alpha value is -2.67. The van der Waals surface area contributed by atoms with E-state index in [1.54, 1.807) is 0 Å². The Morgan fingerprint density at radius 2 is 2.04 bits per heavy atom. The number of nitrogens with zero attached hydrogens (tertiary/aromatic N) is 2. The minimum absolute atomic E-state index is 0.00777. The standard InChI is InChI=1S/C19H19N3O3S/c23-16(12-22-18(24)25-17(21-22)15-8-4-11-26-15)20-13-19(9-5-10-19)14-6-2-1-3-7-14/h1-4,6-8,11H,5,9-10,12-13H2,(H,20,23). The number of carbonyl (C=O) groups is 1. The molecule has 6 nitrogen and oxygen atoms in total. The summed E-state index contributed by atoms with van der Waals surface area (Å²) in [6.07, 6.45) is 3.28. The maximum Gasteiger partial charge on any atom is 0.437 e. The Morgan fingerprint density at radius 3 is 2.69 bits per heavy atom. The van der Waals surface area contributed by atoms with Crippen molar-refractivity contribution in [3.63, 3.8) is 0 Å². The topological polar surface area (TPSA) is 77.1 Å². The molecule has 1 saturated carbocycles. The van der Waals surface area contributed by atoms with Crippen LogP contribution in [0.4, 0.5) is 0 Å². The van der Waals surface area contributed by atoms with Gasteiger partial charge in [0.15, 0.2) is 0 Å². The zero-order valence-electron chi connectivity index (χ0n) is 14.2. The molecule has 1 aromatic carbocycles. The molecule has 0 spiro atoms. The van der Waals surface area contributed by atoms with E-state index in [9.17, 15) is 9.59 Å². The van der Waals surface area contributed by atoms with Gasteiger partial charge in [0.2, 0.25) is 5.91 Å². The van der Waals surface area contributed by atoms with Gasteiger partial charge in [-0.3, -0.25) is 4.79 Å². The van der Waals surface area contributed by atoms with Gasteiger partial charge >= 0.3 is 5.76 Å². The van der Waals surface area contributed by atoms with Crippen molar-refractivity contribution in [1.29, 1.82) is 0 Å². The van der Waals surface area contributed by atoms with Crippen molar-refractivity contribution in [3.05, 3.63) is 64.0 Å². The highest BCUT2D eigenvalue weighted by Gasteiger charge is 2.38. The molecule has 1 aliphatic carbocycles. The maximum atomic E-state index is 12.3. The van der Waals surface area contributed by atoms with Crippen LogP contribution in [0.3, 0.4) is 0 Å². The van der Waals surface area contributed by atoms with E-state index in [1.165, 1.54) is 16.9 Å². The highest BCUT2D eigenvalue weighted by atomic mass is 32.1. The molecule has 0 unspecified atom stereocenters. The lowest BCUT2D eigenvalue weighted by Crippen LogP contribution is -2.46. The lowest BCUT2D eigenvalue weighted by atomic mass is 9.64. The van der Waals surface area contributed by atoms with Crippen LogP contribution < -0.4 is 11.1 Å². The van der Waals surface area contributed by atoms with Crippen LogP contribution in [0.25, 0.3) is 10.8 Å². The lowest BCUT2D eigenvalue weighted by Gasteiger charge is -2.42. The monoisotopic (exact) mass is 369 g/mol. The summed E-state index contributed by atoms with van der Waals surface area (Å²) in [7, 11) is 0. The Morgan fingerprint density at radius 1 is 1.23 bits per heavy atom. The normalized spacial score (nSPS) is 15.4. The zero-order chi connectivity index (χ0) is 18.0. The van der Waals surface area contributed by atoms with Crippen molar-refractivity contribution in [2.45, 2.75) is 31.2 Å². The molecule has 1 amide bonds. The zero-order valence-corrected chi connectivity index (χ0v) is 15.0. The van der Waals surface area contributed by atoms with E-state index in [4.69, 9.17) is 4.42 Å². The van der Waals surface area contributed by atoms with Crippen molar-refractivity contribution in [1.82, 2.24) is 15.1 Å². The second kappa shape index (κ2) is 6.92. The quantitative estimate of drug-likeness (QED) is 0.725. The van der Waals surface area contributed by atoms with E-state index in [1.807, 2.05) is 35.7 Å². The summed E-state index contributed by atoms with van der Waals surface area (Å²) in [6, 6.07) is 13.9. The number of rotatable bonds is 6. The minimum atomic E-state index is -0.620. The Labute approximate surface area is 154 Å². The number of benzene rings is 1. The smallest absolute Gasteiger partial charge is 0.387 e. The third-order valence-electron chi connectivity index (χ3n) is 4.95. The minimum Gasteiger partial charge on any atom is -0.387 e. The van der Waals surface area contributed by atoms with Gasteiger partial charge in [-0.05, 0) is 29.9 Å². The fraction of sp³-hybridized carbons (Fsp3) is 0.316. The number of aromatic nitrogens is 2. The number of hydrogen-bond acceptors (Lipinski definition) is 5. The summed E-state index contributed by atoms with van der Waals surface area (Å²) in [6.45, 7) is 0.429. The van der Waals surface area contributed by atoms with Gasteiger partial charge in [0.25, 0.3) is 5.89 Å². The van der Waals surface area contributed by atoms with Crippen LogP contribution in [0.5, 0.6) is 0 Å². The van der Waals surface area contributed by atoms with Gasteiger partial charge < -0.3 is 9.73 Å². The third kappa shape index (κ3) is 3.22. The fourth-order valence-corrected chi connectivity index (χ4v) is 3.97. The Kier molecular flexibility index (Phi) is 4.46. The molecular formula is C19H19N3O3S.